The summed E-state index contributed by atoms with van der Waals surface area (Å²) < 4.78 is 0. The monoisotopic (exact) mass is 177 g/mol. The predicted octanol–water partition coefficient (Wildman–Crippen LogP) is 1.37. The van der Waals surface area contributed by atoms with E-state index in [1.165, 1.54) is 0 Å². The second kappa shape index (κ2) is 2.73. The van der Waals surface area contributed by atoms with E-state index in [0.717, 1.165) is 16.6 Å². The molecule has 0 radical (unpaired) electrons. The fraction of sp³-hybridized carbons (Fsp3) is 0.333. The minimum Gasteiger partial charge on any atom is -0.305 e. The Labute approximate surface area is 75.0 Å². The fourth-order valence-electron chi connectivity index (χ4n) is 1.42. The minimum atomic E-state index is -0.176. The standard InChI is InChI=1S/C9H11N3O/c1-5(2)6-3-10-4-7-8(6)12-9(13)11-7/h3-5H,1-2H3,(H2,11,12,13). The number of nitrogens with zero attached hydrogens (tertiary/aromatic N) is 1. The predicted molar refractivity (Wildman–Crippen MR) is 50.8 cm³/mol. The molecular weight excluding hydrogens is 166 g/mol. The molecule has 2 heterocycles. The van der Waals surface area contributed by atoms with Crippen LogP contribution >= 0.6 is 0 Å². The lowest BCUT2D eigenvalue weighted by molar-refractivity contribution is 0.866. The van der Waals surface area contributed by atoms with Crippen LogP contribution in [0, 0.1) is 0 Å². The first-order chi connectivity index (χ1) is 6.18. The highest BCUT2D eigenvalue weighted by Crippen LogP contribution is 2.19. The smallest absolute Gasteiger partial charge is 0.305 e. The maximum Gasteiger partial charge on any atom is 0.323 e. The van der Waals surface area contributed by atoms with Crippen molar-refractivity contribution in [2.75, 3.05) is 0 Å². The summed E-state index contributed by atoms with van der Waals surface area (Å²) in [5.74, 6) is 0.364. The molecule has 0 aromatic carbocycles. The summed E-state index contributed by atoms with van der Waals surface area (Å²) in [5.41, 5.74) is 2.53. The van der Waals surface area contributed by atoms with Crippen molar-refractivity contribution < 1.29 is 0 Å². The van der Waals surface area contributed by atoms with Crippen molar-refractivity contribution in [3.8, 4) is 0 Å². The average Bonchev–Trinajstić information content (AvgIpc) is 2.43. The maximum atomic E-state index is 11.0. The summed E-state index contributed by atoms with van der Waals surface area (Å²) in [4.78, 5) is 20.5. The normalized spacial score (nSPS) is 11.3. The van der Waals surface area contributed by atoms with Gasteiger partial charge in [-0.3, -0.25) is 4.98 Å². The number of aromatic amines is 2. The van der Waals surface area contributed by atoms with E-state index in [9.17, 15) is 4.79 Å². The van der Waals surface area contributed by atoms with Gasteiger partial charge in [0, 0.05) is 6.20 Å². The molecule has 2 aromatic rings. The van der Waals surface area contributed by atoms with Gasteiger partial charge >= 0.3 is 5.69 Å². The Hall–Kier alpha value is -1.58. The van der Waals surface area contributed by atoms with Gasteiger partial charge in [0.25, 0.3) is 0 Å². The van der Waals surface area contributed by atoms with Crippen LogP contribution in [0.4, 0.5) is 0 Å². The quantitative estimate of drug-likeness (QED) is 0.691. The number of nitrogens with one attached hydrogen (secondary N) is 2. The molecule has 0 spiro atoms. The van der Waals surface area contributed by atoms with Crippen LogP contribution in [0.1, 0.15) is 25.3 Å². The zero-order valence-electron chi connectivity index (χ0n) is 7.59. The van der Waals surface area contributed by atoms with Crippen LogP contribution in [-0.2, 0) is 0 Å². The lowest BCUT2D eigenvalue weighted by Crippen LogP contribution is -1.99. The van der Waals surface area contributed by atoms with Gasteiger partial charge in [0.15, 0.2) is 0 Å². The second-order valence-electron chi connectivity index (χ2n) is 3.39. The maximum absolute atomic E-state index is 11.0. The first-order valence-electron chi connectivity index (χ1n) is 4.24. The Morgan fingerprint density at radius 1 is 1.31 bits per heavy atom. The van der Waals surface area contributed by atoms with E-state index in [2.05, 4.69) is 28.8 Å². The summed E-state index contributed by atoms with van der Waals surface area (Å²) in [6.07, 6.45) is 3.44. The summed E-state index contributed by atoms with van der Waals surface area (Å²) in [6.45, 7) is 4.14. The van der Waals surface area contributed by atoms with E-state index in [1.807, 2.05) is 0 Å². The van der Waals surface area contributed by atoms with Gasteiger partial charge in [0.2, 0.25) is 0 Å². The summed E-state index contributed by atoms with van der Waals surface area (Å²) >= 11 is 0. The summed E-state index contributed by atoms with van der Waals surface area (Å²) in [5, 5.41) is 0. The number of pyridine rings is 1. The van der Waals surface area contributed by atoms with Crippen molar-refractivity contribution in [1.82, 2.24) is 15.0 Å². The van der Waals surface area contributed by atoms with E-state index in [1.54, 1.807) is 12.4 Å². The highest BCUT2D eigenvalue weighted by atomic mass is 16.1. The van der Waals surface area contributed by atoms with Gasteiger partial charge in [-0.05, 0) is 11.5 Å². The van der Waals surface area contributed by atoms with Crippen LogP contribution in [-0.4, -0.2) is 15.0 Å². The van der Waals surface area contributed by atoms with Crippen LogP contribution in [0.5, 0.6) is 0 Å². The van der Waals surface area contributed by atoms with Gasteiger partial charge in [0.05, 0.1) is 17.2 Å². The molecule has 0 atom stereocenters. The molecule has 0 fully saturated rings. The van der Waals surface area contributed by atoms with E-state index in [4.69, 9.17) is 0 Å². The van der Waals surface area contributed by atoms with Gasteiger partial charge in [-0.25, -0.2) is 4.79 Å². The molecule has 0 aliphatic rings. The molecular formula is C9H11N3O. The van der Waals surface area contributed by atoms with Crippen molar-refractivity contribution in [2.45, 2.75) is 19.8 Å². The van der Waals surface area contributed by atoms with E-state index < -0.39 is 0 Å². The van der Waals surface area contributed by atoms with Crippen LogP contribution < -0.4 is 5.69 Å². The Bertz CT molecular complexity index is 481. The molecule has 0 amide bonds. The number of hydrogen-bond acceptors (Lipinski definition) is 2. The number of rotatable bonds is 1. The first kappa shape index (κ1) is 8.04. The summed E-state index contributed by atoms with van der Waals surface area (Å²) in [6, 6.07) is 0. The number of aromatic nitrogens is 3. The Balaban J connectivity index is 2.82. The lowest BCUT2D eigenvalue weighted by atomic mass is 10.0. The fourth-order valence-corrected chi connectivity index (χ4v) is 1.42. The van der Waals surface area contributed by atoms with E-state index >= 15 is 0 Å². The molecule has 4 nitrogen and oxygen atoms in total. The van der Waals surface area contributed by atoms with E-state index in [0.29, 0.717) is 5.92 Å². The van der Waals surface area contributed by atoms with Gasteiger partial charge in [-0.1, -0.05) is 13.8 Å². The summed E-state index contributed by atoms with van der Waals surface area (Å²) in [7, 11) is 0. The van der Waals surface area contributed by atoms with Gasteiger partial charge in [-0.15, -0.1) is 0 Å². The van der Waals surface area contributed by atoms with Crippen molar-refractivity contribution in [3.05, 3.63) is 28.4 Å². The molecule has 2 N–H and O–H groups in total. The highest BCUT2D eigenvalue weighted by molar-refractivity contribution is 5.77. The van der Waals surface area contributed by atoms with Crippen LogP contribution in [0.3, 0.4) is 0 Å². The minimum absolute atomic E-state index is 0.176. The second-order valence-corrected chi connectivity index (χ2v) is 3.39. The number of H-pyrrole nitrogens is 2. The van der Waals surface area contributed by atoms with Gasteiger partial charge < -0.3 is 9.97 Å². The molecule has 2 aromatic heterocycles. The Kier molecular flexibility index (Phi) is 1.69. The third-order valence-corrected chi connectivity index (χ3v) is 2.08. The first-order valence-corrected chi connectivity index (χ1v) is 4.24. The molecule has 13 heavy (non-hydrogen) atoms. The van der Waals surface area contributed by atoms with Crippen molar-refractivity contribution in [1.29, 1.82) is 0 Å². The molecule has 4 heteroatoms. The van der Waals surface area contributed by atoms with Crippen molar-refractivity contribution in [3.63, 3.8) is 0 Å². The molecule has 0 saturated heterocycles. The zero-order chi connectivity index (χ0) is 9.42. The molecule has 0 bridgehead atoms. The van der Waals surface area contributed by atoms with E-state index in [-0.39, 0.29) is 5.69 Å². The third-order valence-electron chi connectivity index (χ3n) is 2.08. The van der Waals surface area contributed by atoms with Gasteiger partial charge in [0.1, 0.15) is 0 Å². The third kappa shape index (κ3) is 1.24. The number of imidazole rings is 1. The lowest BCUT2D eigenvalue weighted by Gasteiger charge is -2.04. The van der Waals surface area contributed by atoms with Crippen molar-refractivity contribution in [2.24, 2.45) is 0 Å². The molecule has 0 aliphatic carbocycles. The number of fused-ring (bicyclic) bond motifs is 1. The highest BCUT2D eigenvalue weighted by Gasteiger charge is 2.07. The van der Waals surface area contributed by atoms with Crippen molar-refractivity contribution >= 4 is 11.0 Å². The molecule has 2 rings (SSSR count). The van der Waals surface area contributed by atoms with Crippen LogP contribution in [0.15, 0.2) is 17.2 Å². The zero-order valence-corrected chi connectivity index (χ0v) is 7.59. The molecule has 0 unspecified atom stereocenters. The average molecular weight is 177 g/mol. The molecule has 68 valence electrons. The SMILES string of the molecule is CC(C)c1cncc2[nH]c(=O)[nH]c12. The Morgan fingerprint density at radius 2 is 2.08 bits per heavy atom. The largest absolute Gasteiger partial charge is 0.323 e. The topological polar surface area (TPSA) is 61.5 Å². The van der Waals surface area contributed by atoms with Gasteiger partial charge in [-0.2, -0.15) is 0 Å². The van der Waals surface area contributed by atoms with Crippen LogP contribution in [0.25, 0.3) is 11.0 Å². The Morgan fingerprint density at radius 3 is 2.77 bits per heavy atom. The molecule has 0 saturated carbocycles. The number of hydrogen-bond donors (Lipinski definition) is 2. The van der Waals surface area contributed by atoms with Crippen LogP contribution in [0.2, 0.25) is 0 Å². The molecule has 0 aliphatic heterocycles.